The fourth-order valence-corrected chi connectivity index (χ4v) is 2.92. The molecule has 0 unspecified atom stereocenters. The highest BCUT2D eigenvalue weighted by Crippen LogP contribution is 2.21. The summed E-state index contributed by atoms with van der Waals surface area (Å²) in [6.07, 6.45) is 0.833. The van der Waals surface area contributed by atoms with Gasteiger partial charge < -0.3 is 15.2 Å². The lowest BCUT2D eigenvalue weighted by Crippen LogP contribution is -2.30. The Bertz CT molecular complexity index is 810. The Morgan fingerprint density at radius 2 is 2.04 bits per heavy atom. The maximum atomic E-state index is 11.9. The van der Waals surface area contributed by atoms with Crippen LogP contribution in [0.4, 0.5) is 10.5 Å². The molecular weight excluding hydrogens is 336 g/mol. The first-order valence-electron chi connectivity index (χ1n) is 8.13. The van der Waals surface area contributed by atoms with E-state index in [2.05, 4.69) is 26.8 Å². The molecule has 130 valence electrons. The van der Waals surface area contributed by atoms with Gasteiger partial charge in [0.05, 0.1) is 0 Å². The molecule has 0 radical (unpaired) electrons. The van der Waals surface area contributed by atoms with Crippen molar-refractivity contribution in [2.24, 2.45) is 0 Å². The fourth-order valence-electron chi connectivity index (χ4n) is 2.21. The molecule has 0 bridgehead atoms. The van der Waals surface area contributed by atoms with E-state index in [-0.39, 0.29) is 11.9 Å². The van der Waals surface area contributed by atoms with Crippen LogP contribution in [0.3, 0.4) is 0 Å². The third kappa shape index (κ3) is 4.67. The van der Waals surface area contributed by atoms with Crippen LogP contribution in [-0.2, 0) is 6.42 Å². The van der Waals surface area contributed by atoms with Crippen LogP contribution in [0.5, 0.6) is 0 Å². The van der Waals surface area contributed by atoms with Crippen LogP contribution in [0.15, 0.2) is 46.3 Å². The van der Waals surface area contributed by atoms with Gasteiger partial charge in [0.15, 0.2) is 5.82 Å². The summed E-state index contributed by atoms with van der Waals surface area (Å²) in [6, 6.07) is 11.2. The van der Waals surface area contributed by atoms with Crippen LogP contribution < -0.4 is 10.6 Å². The third-order valence-corrected chi connectivity index (χ3v) is 4.52. The van der Waals surface area contributed by atoms with E-state index in [1.807, 2.05) is 49.6 Å². The van der Waals surface area contributed by atoms with E-state index < -0.39 is 0 Å². The van der Waals surface area contributed by atoms with Crippen LogP contribution in [0.2, 0.25) is 0 Å². The molecule has 0 aliphatic rings. The molecule has 6 nitrogen and oxygen atoms in total. The second-order valence-corrected chi connectivity index (χ2v) is 6.93. The van der Waals surface area contributed by atoms with Gasteiger partial charge in [0, 0.05) is 28.6 Å². The highest BCUT2D eigenvalue weighted by molar-refractivity contribution is 7.09. The zero-order valence-corrected chi connectivity index (χ0v) is 15.0. The molecule has 2 N–H and O–H groups in total. The Hall–Kier alpha value is -2.67. The van der Waals surface area contributed by atoms with Gasteiger partial charge in [0.2, 0.25) is 0 Å². The van der Waals surface area contributed by atoms with E-state index in [0.29, 0.717) is 23.9 Å². The van der Waals surface area contributed by atoms with Gasteiger partial charge in [-0.05, 0) is 42.1 Å². The van der Waals surface area contributed by atoms with Gasteiger partial charge in [-0.15, -0.1) is 11.3 Å². The van der Waals surface area contributed by atoms with Crippen LogP contribution >= 0.6 is 11.3 Å². The van der Waals surface area contributed by atoms with Crippen molar-refractivity contribution in [3.63, 3.8) is 0 Å². The number of anilines is 1. The molecule has 2 aromatic heterocycles. The minimum atomic E-state index is -0.218. The second kappa shape index (κ2) is 7.94. The smallest absolute Gasteiger partial charge is 0.319 e. The number of urea groups is 1. The molecule has 3 rings (SSSR count). The standard InChI is InChI=1S/C18H20N4O2S/c1-12(2)16-21-17(24-22-16)13-5-7-14(8-6-13)20-18(23)19-10-9-15-4-3-11-25-15/h3-8,11-12H,9-10H2,1-2H3,(H2,19,20,23). The number of carbonyl (C=O) groups is 1. The van der Waals surface area contributed by atoms with Crippen molar-refractivity contribution in [3.8, 4) is 11.5 Å². The largest absolute Gasteiger partial charge is 0.338 e. The minimum Gasteiger partial charge on any atom is -0.338 e. The van der Waals surface area contributed by atoms with Gasteiger partial charge in [0.25, 0.3) is 5.89 Å². The number of hydrogen-bond donors (Lipinski definition) is 2. The van der Waals surface area contributed by atoms with Gasteiger partial charge in [-0.25, -0.2) is 4.79 Å². The number of amides is 2. The van der Waals surface area contributed by atoms with Gasteiger partial charge in [-0.3, -0.25) is 0 Å². The Balaban J connectivity index is 1.52. The number of aromatic nitrogens is 2. The average molecular weight is 356 g/mol. The van der Waals surface area contributed by atoms with Crippen molar-refractivity contribution in [1.29, 1.82) is 0 Å². The van der Waals surface area contributed by atoms with E-state index in [1.54, 1.807) is 11.3 Å². The van der Waals surface area contributed by atoms with E-state index in [4.69, 9.17) is 4.52 Å². The van der Waals surface area contributed by atoms with Crippen molar-refractivity contribution in [3.05, 3.63) is 52.5 Å². The lowest BCUT2D eigenvalue weighted by molar-refractivity contribution is 0.252. The molecular formula is C18H20N4O2S. The van der Waals surface area contributed by atoms with Crippen molar-refractivity contribution in [2.75, 3.05) is 11.9 Å². The van der Waals surface area contributed by atoms with E-state index >= 15 is 0 Å². The second-order valence-electron chi connectivity index (χ2n) is 5.90. The van der Waals surface area contributed by atoms with Gasteiger partial charge in [-0.1, -0.05) is 25.1 Å². The number of thiophene rings is 1. The van der Waals surface area contributed by atoms with Crippen molar-refractivity contribution >= 4 is 23.1 Å². The first-order chi connectivity index (χ1) is 12.1. The quantitative estimate of drug-likeness (QED) is 0.690. The SMILES string of the molecule is CC(C)c1noc(-c2ccc(NC(=O)NCCc3cccs3)cc2)n1. The zero-order chi connectivity index (χ0) is 17.6. The monoisotopic (exact) mass is 356 g/mol. The predicted molar refractivity (Wildman–Crippen MR) is 98.9 cm³/mol. The first-order valence-corrected chi connectivity index (χ1v) is 9.01. The Morgan fingerprint density at radius 1 is 1.24 bits per heavy atom. The number of hydrogen-bond acceptors (Lipinski definition) is 5. The highest BCUT2D eigenvalue weighted by Gasteiger charge is 2.11. The molecule has 0 aliphatic carbocycles. The topological polar surface area (TPSA) is 80.0 Å². The van der Waals surface area contributed by atoms with Crippen LogP contribution in [0, 0.1) is 0 Å². The van der Waals surface area contributed by atoms with Gasteiger partial charge in [0.1, 0.15) is 0 Å². The molecule has 0 fully saturated rings. The Labute approximate surface area is 150 Å². The van der Waals surface area contributed by atoms with Crippen molar-refractivity contribution in [1.82, 2.24) is 15.5 Å². The summed E-state index contributed by atoms with van der Waals surface area (Å²) in [5, 5.41) is 11.6. The number of carbonyl (C=O) groups excluding carboxylic acids is 1. The molecule has 3 aromatic rings. The lowest BCUT2D eigenvalue weighted by atomic mass is 10.2. The third-order valence-electron chi connectivity index (χ3n) is 3.58. The minimum absolute atomic E-state index is 0.218. The predicted octanol–water partition coefficient (Wildman–Crippen LogP) is 4.29. The van der Waals surface area contributed by atoms with Crippen LogP contribution in [0.1, 0.15) is 30.5 Å². The zero-order valence-electron chi connectivity index (χ0n) is 14.2. The summed E-state index contributed by atoms with van der Waals surface area (Å²) in [6.45, 7) is 4.63. The number of nitrogens with one attached hydrogen (secondary N) is 2. The maximum Gasteiger partial charge on any atom is 0.319 e. The molecule has 25 heavy (non-hydrogen) atoms. The summed E-state index contributed by atoms with van der Waals surface area (Å²) >= 11 is 1.69. The number of rotatable bonds is 6. The summed E-state index contributed by atoms with van der Waals surface area (Å²) in [7, 11) is 0. The van der Waals surface area contributed by atoms with E-state index in [1.165, 1.54) is 4.88 Å². The molecule has 0 saturated heterocycles. The average Bonchev–Trinajstić information content (AvgIpc) is 3.27. The van der Waals surface area contributed by atoms with Gasteiger partial charge in [-0.2, -0.15) is 4.98 Å². The molecule has 0 atom stereocenters. The normalized spacial score (nSPS) is 10.8. The first kappa shape index (κ1) is 17.2. The molecule has 7 heteroatoms. The lowest BCUT2D eigenvalue weighted by Gasteiger charge is -2.07. The molecule has 2 heterocycles. The number of nitrogens with zero attached hydrogens (tertiary/aromatic N) is 2. The maximum absolute atomic E-state index is 11.9. The summed E-state index contributed by atoms with van der Waals surface area (Å²) in [5.41, 5.74) is 1.53. The van der Waals surface area contributed by atoms with E-state index in [9.17, 15) is 4.79 Å². The Kier molecular flexibility index (Phi) is 5.45. The molecule has 0 spiro atoms. The fraction of sp³-hybridized carbons (Fsp3) is 0.278. The summed E-state index contributed by atoms with van der Waals surface area (Å²) in [5.74, 6) is 1.38. The number of benzene rings is 1. The highest BCUT2D eigenvalue weighted by atomic mass is 32.1. The Morgan fingerprint density at radius 3 is 2.68 bits per heavy atom. The molecule has 1 aromatic carbocycles. The van der Waals surface area contributed by atoms with E-state index in [0.717, 1.165) is 12.0 Å². The van der Waals surface area contributed by atoms with Crippen molar-refractivity contribution < 1.29 is 9.32 Å². The molecule has 2 amide bonds. The summed E-state index contributed by atoms with van der Waals surface area (Å²) in [4.78, 5) is 17.5. The van der Waals surface area contributed by atoms with Crippen molar-refractivity contribution in [2.45, 2.75) is 26.2 Å². The molecule has 0 saturated carbocycles. The van der Waals surface area contributed by atoms with Crippen LogP contribution in [-0.4, -0.2) is 22.7 Å². The molecule has 0 aliphatic heterocycles. The van der Waals surface area contributed by atoms with Gasteiger partial charge >= 0.3 is 6.03 Å². The summed E-state index contributed by atoms with van der Waals surface area (Å²) < 4.78 is 5.26. The van der Waals surface area contributed by atoms with Crippen LogP contribution in [0.25, 0.3) is 11.5 Å².